The van der Waals surface area contributed by atoms with E-state index in [9.17, 15) is 14.7 Å². The summed E-state index contributed by atoms with van der Waals surface area (Å²) in [5, 5.41) is 11.4. The molecule has 6 heteroatoms. The van der Waals surface area contributed by atoms with Crippen LogP contribution in [-0.2, 0) is 5.41 Å². The molecular formula is C31H35N3O3. The van der Waals surface area contributed by atoms with E-state index in [2.05, 4.69) is 40.2 Å². The highest BCUT2D eigenvalue weighted by Crippen LogP contribution is 2.57. The zero-order valence-corrected chi connectivity index (χ0v) is 21.2. The lowest BCUT2D eigenvalue weighted by atomic mass is 9.53. The lowest BCUT2D eigenvalue weighted by Gasteiger charge is -2.62. The van der Waals surface area contributed by atoms with Crippen molar-refractivity contribution in [3.63, 3.8) is 0 Å². The molecule has 2 N–H and O–H groups in total. The number of hydrogen-bond donors (Lipinski definition) is 2. The fraction of sp³-hybridized carbons (Fsp3) is 0.484. The molecule has 8 rings (SSSR count). The number of nitrogens with zero attached hydrogens (tertiary/aromatic N) is 2. The zero-order chi connectivity index (χ0) is 25.1. The molecule has 2 aromatic carbocycles. The van der Waals surface area contributed by atoms with Gasteiger partial charge in [0.1, 0.15) is 11.3 Å². The lowest BCUT2D eigenvalue weighted by Crippen LogP contribution is -2.63. The van der Waals surface area contributed by atoms with Gasteiger partial charge in [0, 0.05) is 36.6 Å². The molecule has 3 aliphatic carbocycles. The van der Waals surface area contributed by atoms with Crippen molar-refractivity contribution in [2.45, 2.75) is 74.9 Å². The van der Waals surface area contributed by atoms with Crippen LogP contribution >= 0.6 is 0 Å². The zero-order valence-electron chi connectivity index (χ0n) is 21.2. The highest BCUT2D eigenvalue weighted by atomic mass is 16.3. The van der Waals surface area contributed by atoms with Crippen molar-refractivity contribution in [3.05, 3.63) is 76.1 Å². The van der Waals surface area contributed by atoms with Gasteiger partial charge in [-0.15, -0.1) is 0 Å². The van der Waals surface area contributed by atoms with Crippen molar-refractivity contribution in [2.75, 3.05) is 13.1 Å². The van der Waals surface area contributed by atoms with E-state index in [1.807, 2.05) is 4.90 Å². The number of nitrogens with one attached hydrogen (secondary N) is 1. The number of hydrogen-bond acceptors (Lipinski definition) is 4. The predicted octanol–water partition coefficient (Wildman–Crippen LogP) is 4.81. The SMILES string of the molecule is O=C(c1c(O)c2ccccc2[nH]c1=O)N(CCCN1C2CC3CC1CC(c1ccccc1)(C3)C2)C1CC1. The summed E-state index contributed by atoms with van der Waals surface area (Å²) in [6.07, 6.45) is 9.26. The molecule has 3 aromatic rings. The van der Waals surface area contributed by atoms with E-state index < -0.39 is 5.56 Å². The smallest absolute Gasteiger partial charge is 0.265 e. The number of amides is 1. The van der Waals surface area contributed by atoms with Crippen molar-refractivity contribution in [3.8, 4) is 5.75 Å². The molecule has 2 atom stereocenters. The number of aromatic amines is 1. The number of rotatable bonds is 7. The van der Waals surface area contributed by atoms with Crippen molar-refractivity contribution < 1.29 is 9.90 Å². The quantitative estimate of drug-likeness (QED) is 0.491. The van der Waals surface area contributed by atoms with Crippen LogP contribution in [0.25, 0.3) is 10.9 Å². The van der Waals surface area contributed by atoms with Crippen LogP contribution in [0.15, 0.2) is 59.4 Å². The topological polar surface area (TPSA) is 76.6 Å². The third kappa shape index (κ3) is 3.88. The summed E-state index contributed by atoms with van der Waals surface area (Å²) in [5.74, 6) is 0.294. The molecule has 192 valence electrons. The molecule has 0 spiro atoms. The second-order valence-corrected chi connectivity index (χ2v) is 11.9. The fourth-order valence-corrected chi connectivity index (χ4v) is 8.05. The van der Waals surface area contributed by atoms with Crippen LogP contribution in [0.5, 0.6) is 5.75 Å². The van der Waals surface area contributed by atoms with Gasteiger partial charge in [-0.1, -0.05) is 42.5 Å². The van der Waals surface area contributed by atoms with E-state index in [1.165, 1.54) is 37.7 Å². The summed E-state index contributed by atoms with van der Waals surface area (Å²) in [6.45, 7) is 1.61. The number of benzene rings is 2. The summed E-state index contributed by atoms with van der Waals surface area (Å²) in [4.78, 5) is 33.8. The van der Waals surface area contributed by atoms with Crippen molar-refractivity contribution in [1.29, 1.82) is 0 Å². The fourth-order valence-electron chi connectivity index (χ4n) is 8.05. The average molecular weight is 498 g/mol. The summed E-state index contributed by atoms with van der Waals surface area (Å²) in [6, 6.07) is 19.7. The molecule has 1 aromatic heterocycles. The monoisotopic (exact) mass is 497 g/mol. The number of H-pyrrole nitrogens is 1. The first kappa shape index (κ1) is 23.0. The van der Waals surface area contributed by atoms with Gasteiger partial charge in [-0.05, 0) is 80.4 Å². The minimum Gasteiger partial charge on any atom is -0.506 e. The summed E-state index contributed by atoms with van der Waals surface area (Å²) in [7, 11) is 0. The minimum atomic E-state index is -0.511. The number of pyridine rings is 1. The normalized spacial score (nSPS) is 28.6. The Labute approximate surface area is 217 Å². The van der Waals surface area contributed by atoms with Gasteiger partial charge in [0.25, 0.3) is 11.5 Å². The molecule has 2 saturated heterocycles. The summed E-state index contributed by atoms with van der Waals surface area (Å²) < 4.78 is 0. The van der Waals surface area contributed by atoms with E-state index in [0.29, 0.717) is 34.9 Å². The van der Waals surface area contributed by atoms with Crippen molar-refractivity contribution in [1.82, 2.24) is 14.8 Å². The summed E-state index contributed by atoms with van der Waals surface area (Å²) >= 11 is 0. The number of aromatic hydroxyl groups is 1. The molecule has 2 aliphatic heterocycles. The third-order valence-electron chi connectivity index (χ3n) is 9.64. The largest absolute Gasteiger partial charge is 0.506 e. The molecule has 0 radical (unpaired) electrons. The third-order valence-corrected chi connectivity index (χ3v) is 9.64. The van der Waals surface area contributed by atoms with Crippen LogP contribution in [0.1, 0.15) is 67.3 Å². The second-order valence-electron chi connectivity index (χ2n) is 11.9. The highest BCUT2D eigenvalue weighted by Gasteiger charge is 2.54. The van der Waals surface area contributed by atoms with Crippen LogP contribution in [0.4, 0.5) is 0 Å². The Morgan fingerprint density at radius 3 is 2.43 bits per heavy atom. The van der Waals surface area contributed by atoms with Crippen LogP contribution in [0.2, 0.25) is 0 Å². The molecule has 3 heterocycles. The number of carbonyl (C=O) groups excluding carboxylic acids is 1. The van der Waals surface area contributed by atoms with Gasteiger partial charge in [-0.25, -0.2) is 0 Å². The standard InChI is InChI=1S/C31H35N3O3/c35-28-25-9-4-5-10-26(25)32-29(36)27(28)30(37)34(22-11-12-22)14-6-13-33-23-15-20-16-24(33)19-31(17-20,18-23)21-7-2-1-3-8-21/h1-5,7-10,20,22-24H,6,11-19H2,(H2,32,35,36). The molecule has 1 amide bonds. The van der Waals surface area contributed by atoms with Crippen molar-refractivity contribution >= 4 is 16.8 Å². The minimum absolute atomic E-state index is 0.120. The maximum Gasteiger partial charge on any atom is 0.265 e. The molecule has 4 bridgehead atoms. The Balaban J connectivity index is 1.06. The van der Waals surface area contributed by atoms with Crippen LogP contribution in [0.3, 0.4) is 0 Å². The number of fused-ring (bicyclic) bond motifs is 1. The van der Waals surface area contributed by atoms with E-state index in [4.69, 9.17) is 0 Å². The van der Waals surface area contributed by atoms with Gasteiger partial charge in [-0.2, -0.15) is 0 Å². The van der Waals surface area contributed by atoms with Gasteiger partial charge in [-0.3, -0.25) is 14.5 Å². The Bertz CT molecular complexity index is 1380. The maximum atomic E-state index is 13.6. The Kier molecular flexibility index (Phi) is 5.43. The lowest BCUT2D eigenvalue weighted by molar-refractivity contribution is -0.0756. The van der Waals surface area contributed by atoms with E-state index in [1.54, 1.807) is 24.3 Å². The van der Waals surface area contributed by atoms with Crippen molar-refractivity contribution in [2.24, 2.45) is 5.92 Å². The Morgan fingerprint density at radius 2 is 1.70 bits per heavy atom. The Hall–Kier alpha value is -3.12. The number of carbonyl (C=O) groups is 1. The molecular weight excluding hydrogens is 462 g/mol. The first-order chi connectivity index (χ1) is 18.0. The van der Waals surface area contributed by atoms with Gasteiger partial charge in [0.05, 0.1) is 5.52 Å². The van der Waals surface area contributed by atoms with Crippen LogP contribution < -0.4 is 5.56 Å². The average Bonchev–Trinajstić information content (AvgIpc) is 3.73. The maximum absolute atomic E-state index is 13.6. The highest BCUT2D eigenvalue weighted by molar-refractivity contribution is 6.02. The molecule has 37 heavy (non-hydrogen) atoms. The van der Waals surface area contributed by atoms with E-state index in [0.717, 1.165) is 31.7 Å². The van der Waals surface area contributed by atoms with E-state index >= 15 is 0 Å². The molecule has 3 saturated carbocycles. The Morgan fingerprint density at radius 1 is 1.00 bits per heavy atom. The first-order valence-electron chi connectivity index (χ1n) is 14.0. The number of para-hydroxylation sites is 1. The summed E-state index contributed by atoms with van der Waals surface area (Å²) in [5.41, 5.74) is 1.79. The van der Waals surface area contributed by atoms with Gasteiger partial charge >= 0.3 is 0 Å². The van der Waals surface area contributed by atoms with Crippen LogP contribution in [-0.4, -0.2) is 57.0 Å². The predicted molar refractivity (Wildman–Crippen MR) is 144 cm³/mol. The van der Waals surface area contributed by atoms with Gasteiger partial charge in [0.15, 0.2) is 0 Å². The second kappa shape index (κ2) is 8.73. The molecule has 5 fully saturated rings. The van der Waals surface area contributed by atoms with Gasteiger partial charge in [0.2, 0.25) is 0 Å². The van der Waals surface area contributed by atoms with Crippen LogP contribution in [0, 0.1) is 5.92 Å². The molecule has 5 aliphatic rings. The molecule has 6 nitrogen and oxygen atoms in total. The number of piperidine rings is 2. The first-order valence-corrected chi connectivity index (χ1v) is 14.0. The molecule has 2 unspecified atom stereocenters. The van der Waals surface area contributed by atoms with Gasteiger partial charge < -0.3 is 15.0 Å². The van der Waals surface area contributed by atoms with E-state index in [-0.39, 0.29) is 23.3 Å². The number of aromatic nitrogens is 1.